The van der Waals surface area contributed by atoms with Crippen LogP contribution in [0.4, 0.5) is 0 Å². The van der Waals surface area contributed by atoms with Crippen molar-refractivity contribution in [2.45, 2.75) is 45.4 Å². The van der Waals surface area contributed by atoms with Crippen LogP contribution in [-0.2, 0) is 18.3 Å². The molecule has 3 rings (SSSR count). The molecule has 0 radical (unpaired) electrons. The molecule has 3 nitrogen and oxygen atoms in total. The second-order valence-corrected chi connectivity index (χ2v) is 6.21. The molecule has 104 valence electrons. The number of rotatable bonds is 2. The molecule has 0 fully saturated rings. The molecule has 1 aliphatic rings. The molecule has 0 bridgehead atoms. The lowest BCUT2D eigenvalue weighted by Crippen LogP contribution is -2.15. The number of fused-ring (bicyclic) bond motifs is 2. The third kappa shape index (κ3) is 1.80. The van der Waals surface area contributed by atoms with Gasteiger partial charge in [-0.15, -0.1) is 0 Å². The zero-order chi connectivity index (χ0) is 14.5. The summed E-state index contributed by atoms with van der Waals surface area (Å²) in [4.78, 5) is 16.5. The van der Waals surface area contributed by atoms with E-state index in [2.05, 4.69) is 20.8 Å². The quantitative estimate of drug-likeness (QED) is 0.904. The monoisotopic (exact) mass is 269 g/mol. The highest BCUT2D eigenvalue weighted by Crippen LogP contribution is 2.40. The summed E-state index contributed by atoms with van der Waals surface area (Å²) in [7, 11) is 0. The van der Waals surface area contributed by atoms with Gasteiger partial charge in [-0.2, -0.15) is 0 Å². The normalized spacial score (nSPS) is 16.4. The fraction of sp³-hybridized carbons (Fsp3) is 0.412. The number of carboxylic acid groups (broad SMARTS) is 1. The Hall–Kier alpha value is -1.90. The van der Waals surface area contributed by atoms with E-state index >= 15 is 0 Å². The molecule has 1 heterocycles. The number of carbonyl (C=O) groups is 1. The first-order chi connectivity index (χ1) is 9.44. The van der Waals surface area contributed by atoms with Crippen LogP contribution < -0.4 is 0 Å². The summed E-state index contributed by atoms with van der Waals surface area (Å²) in [6, 6.07) is 5.97. The van der Waals surface area contributed by atoms with Gasteiger partial charge in [-0.05, 0) is 42.5 Å². The van der Waals surface area contributed by atoms with Crippen LogP contribution in [-0.4, -0.2) is 16.1 Å². The molecular formula is C17H19NO2. The highest BCUT2D eigenvalue weighted by atomic mass is 16.4. The molecule has 0 aliphatic heterocycles. The van der Waals surface area contributed by atoms with Gasteiger partial charge in [0.25, 0.3) is 0 Å². The van der Waals surface area contributed by atoms with Gasteiger partial charge in [0.15, 0.2) is 0 Å². The molecular weight excluding hydrogens is 250 g/mol. The molecule has 3 heteroatoms. The fourth-order valence-electron chi connectivity index (χ4n) is 3.17. The lowest BCUT2D eigenvalue weighted by Gasteiger charge is -2.19. The number of aryl methyl sites for hydroxylation is 1. The molecule has 1 aromatic heterocycles. The number of carboxylic acids is 1. The molecule has 0 saturated carbocycles. The van der Waals surface area contributed by atoms with E-state index in [1.54, 1.807) is 0 Å². The molecule has 0 saturated heterocycles. The maximum atomic E-state index is 11.8. The van der Waals surface area contributed by atoms with Gasteiger partial charge in [0.2, 0.25) is 0 Å². The number of aromatic nitrogens is 1. The Morgan fingerprint density at radius 1 is 1.40 bits per heavy atom. The van der Waals surface area contributed by atoms with Crippen molar-refractivity contribution in [1.82, 2.24) is 4.98 Å². The highest BCUT2D eigenvalue weighted by molar-refractivity contribution is 6.04. The van der Waals surface area contributed by atoms with E-state index in [4.69, 9.17) is 4.98 Å². The van der Waals surface area contributed by atoms with Gasteiger partial charge < -0.3 is 5.11 Å². The molecule has 0 spiro atoms. The van der Waals surface area contributed by atoms with Crippen molar-refractivity contribution in [3.63, 3.8) is 0 Å². The summed E-state index contributed by atoms with van der Waals surface area (Å²) in [5.74, 6) is -0.834. The third-order valence-corrected chi connectivity index (χ3v) is 4.41. The first-order valence-electron chi connectivity index (χ1n) is 7.13. The van der Waals surface area contributed by atoms with Crippen molar-refractivity contribution in [1.29, 1.82) is 0 Å². The van der Waals surface area contributed by atoms with E-state index in [1.165, 1.54) is 0 Å². The van der Waals surface area contributed by atoms with Crippen LogP contribution in [0.5, 0.6) is 0 Å². The van der Waals surface area contributed by atoms with Crippen molar-refractivity contribution in [3.8, 4) is 0 Å². The molecule has 2 aromatic rings. The lowest BCUT2D eigenvalue weighted by atomic mass is 9.89. The smallest absolute Gasteiger partial charge is 0.336 e. The maximum absolute atomic E-state index is 11.8. The minimum absolute atomic E-state index is 0.0306. The summed E-state index contributed by atoms with van der Waals surface area (Å²) >= 11 is 0. The van der Waals surface area contributed by atoms with Crippen molar-refractivity contribution < 1.29 is 9.90 Å². The van der Waals surface area contributed by atoms with Gasteiger partial charge in [-0.25, -0.2) is 4.79 Å². The Kier molecular flexibility index (Phi) is 2.82. The van der Waals surface area contributed by atoms with Gasteiger partial charge in [-0.3, -0.25) is 4.98 Å². The minimum atomic E-state index is -0.834. The van der Waals surface area contributed by atoms with Crippen LogP contribution in [0.15, 0.2) is 18.2 Å². The Morgan fingerprint density at radius 3 is 2.80 bits per heavy atom. The Labute approximate surface area is 118 Å². The second-order valence-electron chi connectivity index (χ2n) is 6.21. The molecule has 1 aliphatic carbocycles. The van der Waals surface area contributed by atoms with E-state index in [0.717, 1.165) is 47.0 Å². The molecule has 0 amide bonds. The summed E-state index contributed by atoms with van der Waals surface area (Å²) in [6.45, 7) is 6.36. The van der Waals surface area contributed by atoms with E-state index in [9.17, 15) is 9.90 Å². The van der Waals surface area contributed by atoms with Crippen LogP contribution in [0.25, 0.3) is 10.9 Å². The van der Waals surface area contributed by atoms with Crippen LogP contribution >= 0.6 is 0 Å². The second kappa shape index (κ2) is 4.30. The van der Waals surface area contributed by atoms with E-state index in [1.807, 2.05) is 18.2 Å². The first kappa shape index (κ1) is 13.1. The van der Waals surface area contributed by atoms with Crippen LogP contribution in [0.1, 0.15) is 54.4 Å². The number of aromatic carboxylic acids is 1. The summed E-state index contributed by atoms with van der Waals surface area (Å²) in [5.41, 5.74) is 4.28. The highest BCUT2D eigenvalue weighted by Gasteiger charge is 2.35. The van der Waals surface area contributed by atoms with Crippen molar-refractivity contribution in [3.05, 3.63) is 40.6 Å². The minimum Gasteiger partial charge on any atom is -0.478 e. The van der Waals surface area contributed by atoms with Gasteiger partial charge in [0.1, 0.15) is 0 Å². The zero-order valence-corrected chi connectivity index (χ0v) is 12.2. The van der Waals surface area contributed by atoms with Crippen LogP contribution in [0.3, 0.4) is 0 Å². The van der Waals surface area contributed by atoms with Crippen molar-refractivity contribution in [2.24, 2.45) is 0 Å². The van der Waals surface area contributed by atoms with Gasteiger partial charge in [0.05, 0.1) is 16.8 Å². The number of pyridine rings is 1. The number of hydrogen-bond donors (Lipinski definition) is 1. The lowest BCUT2D eigenvalue weighted by molar-refractivity contribution is 0.0698. The molecule has 1 N–H and O–H groups in total. The molecule has 1 aromatic carbocycles. The van der Waals surface area contributed by atoms with Crippen molar-refractivity contribution >= 4 is 16.9 Å². The van der Waals surface area contributed by atoms with Gasteiger partial charge in [-0.1, -0.05) is 26.8 Å². The van der Waals surface area contributed by atoms with E-state index in [0.29, 0.717) is 5.56 Å². The standard InChI is InChI=1S/C17H19NO2/c1-4-10-5-6-13-12(9-10)14(16(19)20)11-7-8-17(2,3)15(11)18-13/h5-6,9H,4,7-8H2,1-3H3,(H,19,20). The van der Waals surface area contributed by atoms with E-state index in [-0.39, 0.29) is 5.41 Å². The molecule has 20 heavy (non-hydrogen) atoms. The summed E-state index contributed by atoms with van der Waals surface area (Å²) in [5, 5.41) is 10.4. The average molecular weight is 269 g/mol. The van der Waals surface area contributed by atoms with Gasteiger partial charge in [0, 0.05) is 10.8 Å². The Bertz CT molecular complexity index is 716. The van der Waals surface area contributed by atoms with Crippen molar-refractivity contribution in [2.75, 3.05) is 0 Å². The van der Waals surface area contributed by atoms with Crippen LogP contribution in [0, 0.1) is 0 Å². The Morgan fingerprint density at radius 2 is 2.15 bits per heavy atom. The van der Waals surface area contributed by atoms with Crippen LogP contribution in [0.2, 0.25) is 0 Å². The first-order valence-corrected chi connectivity index (χ1v) is 7.13. The summed E-state index contributed by atoms with van der Waals surface area (Å²) < 4.78 is 0. The predicted molar refractivity (Wildman–Crippen MR) is 79.4 cm³/mol. The number of benzene rings is 1. The maximum Gasteiger partial charge on any atom is 0.336 e. The molecule has 0 unspecified atom stereocenters. The van der Waals surface area contributed by atoms with Gasteiger partial charge >= 0.3 is 5.97 Å². The fourth-order valence-corrected chi connectivity index (χ4v) is 3.17. The zero-order valence-electron chi connectivity index (χ0n) is 12.2. The third-order valence-electron chi connectivity index (χ3n) is 4.41. The Balaban J connectivity index is 2.41. The summed E-state index contributed by atoms with van der Waals surface area (Å²) in [6.07, 6.45) is 2.67. The topological polar surface area (TPSA) is 50.2 Å². The predicted octanol–water partition coefficient (Wildman–Crippen LogP) is 3.72. The average Bonchev–Trinajstić information content (AvgIpc) is 2.71. The number of hydrogen-bond acceptors (Lipinski definition) is 2. The molecule has 0 atom stereocenters. The largest absolute Gasteiger partial charge is 0.478 e. The SMILES string of the molecule is CCc1ccc2nc3c(c(C(=O)O)c2c1)CCC3(C)C. The van der Waals surface area contributed by atoms with E-state index < -0.39 is 5.97 Å². The number of nitrogens with zero attached hydrogens (tertiary/aromatic N) is 1.